The number of thiazole rings is 1. The average Bonchev–Trinajstić information content (AvgIpc) is 3.99. The first-order valence-corrected chi connectivity index (χ1v) is 23.6. The number of nitriles is 1. The van der Waals surface area contributed by atoms with E-state index >= 15 is 0 Å². The lowest BCUT2D eigenvalue weighted by Crippen LogP contribution is -2.74. The van der Waals surface area contributed by atoms with Gasteiger partial charge in [0.15, 0.2) is 0 Å². The smallest absolute Gasteiger partial charge is 0.252 e. The number of carbonyl (C=O) groups excluding carboxylic acids is 4. The maximum Gasteiger partial charge on any atom is 0.252 e. The van der Waals surface area contributed by atoms with Crippen molar-refractivity contribution in [3.8, 4) is 28.0 Å². The van der Waals surface area contributed by atoms with Crippen molar-refractivity contribution in [2.24, 2.45) is 16.2 Å². The van der Waals surface area contributed by atoms with Crippen LogP contribution in [0.25, 0.3) is 10.4 Å². The summed E-state index contributed by atoms with van der Waals surface area (Å²) in [5, 5.41) is 28.8. The van der Waals surface area contributed by atoms with E-state index in [0.29, 0.717) is 47.3 Å². The van der Waals surface area contributed by atoms with Gasteiger partial charge in [-0.05, 0) is 78.6 Å². The number of nitrogens with zero attached hydrogens (tertiary/aromatic N) is 3. The van der Waals surface area contributed by atoms with Crippen molar-refractivity contribution in [2.75, 3.05) is 26.4 Å². The topological polar surface area (TPSA) is 192 Å². The molecule has 0 unspecified atom stereocenters. The lowest BCUT2D eigenvalue weighted by Gasteiger charge is -2.63. The van der Waals surface area contributed by atoms with E-state index in [0.717, 1.165) is 28.8 Å². The van der Waals surface area contributed by atoms with E-state index in [1.807, 2.05) is 45.0 Å². The Labute approximate surface area is 396 Å². The third kappa shape index (κ3) is 12.1. The molecule has 2 aliphatic rings. The summed E-state index contributed by atoms with van der Waals surface area (Å²) >= 11 is 7.75. The first kappa shape index (κ1) is 50.1. The van der Waals surface area contributed by atoms with Crippen LogP contribution in [0.1, 0.15) is 95.6 Å². The zero-order chi connectivity index (χ0) is 47.8. The molecule has 0 radical (unpaired) electrons. The number of unbranched alkanes of at least 4 members (excludes halogenated alkanes) is 2. The van der Waals surface area contributed by atoms with Crippen LogP contribution in [0.5, 0.6) is 11.5 Å². The van der Waals surface area contributed by atoms with Crippen molar-refractivity contribution in [1.29, 1.82) is 5.26 Å². The number of benzene rings is 3. The predicted octanol–water partition coefficient (Wildman–Crippen LogP) is 7.32. The average molecular weight is 942 g/mol. The van der Waals surface area contributed by atoms with E-state index in [1.54, 1.807) is 54.2 Å². The zero-order valence-corrected chi connectivity index (χ0v) is 40.3. The third-order valence-corrected chi connectivity index (χ3v) is 13.5. The molecule has 3 atom stereocenters. The second-order valence-electron chi connectivity index (χ2n) is 19.3. The van der Waals surface area contributed by atoms with Gasteiger partial charge in [0.25, 0.3) is 11.8 Å². The molecule has 0 spiro atoms. The predicted molar refractivity (Wildman–Crippen MR) is 253 cm³/mol. The summed E-state index contributed by atoms with van der Waals surface area (Å²) in [5.74, 6) is -0.445. The van der Waals surface area contributed by atoms with Crippen molar-refractivity contribution in [2.45, 2.75) is 111 Å². The molecule has 1 aliphatic heterocycles. The number of aromatic nitrogens is 1. The standard InChI is InChI=1S/C50H61ClN6O8S/c1-48(2,3)42(45(62)57(44(61)39-23-35(58)26-54-39)28-31-11-13-32(14-12-31)40-27-53-30-66-40)55-41(59)29-63-21-9-8-10-22-64-36-18-15-33(16-19-36)43(60)56-46-49(4,5)47(50(46,6)7)65-37-20-17-34(25-52)38(51)24-37/h11-20,24,27,30,35,39,42,46-47,54,58H,8-10,21-23,26,28-29H2,1-7H3,(H,55,59)(H,56,60)/t35-,39+,42-,46?,47?/m1/s1. The summed E-state index contributed by atoms with van der Waals surface area (Å²) in [5.41, 5.74) is 2.84. The molecule has 3 aromatic carbocycles. The molecule has 1 aliphatic carbocycles. The quantitative estimate of drug-likeness (QED) is 0.0689. The zero-order valence-electron chi connectivity index (χ0n) is 38.7. The number of nitrogens with one attached hydrogen (secondary N) is 3. The van der Waals surface area contributed by atoms with Crippen molar-refractivity contribution in [3.63, 3.8) is 0 Å². The van der Waals surface area contributed by atoms with Crippen LogP contribution in [0.2, 0.25) is 5.02 Å². The van der Waals surface area contributed by atoms with Gasteiger partial charge in [0.1, 0.15) is 36.3 Å². The summed E-state index contributed by atoms with van der Waals surface area (Å²) < 4.78 is 18.0. The van der Waals surface area contributed by atoms with Crippen LogP contribution in [-0.4, -0.2) is 95.3 Å². The number of imide groups is 1. The number of β-amino-alcohol motifs (C(OH)–C–C–N with tert-alkyl or cyclic N) is 1. The number of amides is 4. The minimum atomic E-state index is -1.03. The molecular weight excluding hydrogens is 880 g/mol. The number of carbonyl (C=O) groups is 4. The Bertz CT molecular complexity index is 2350. The summed E-state index contributed by atoms with van der Waals surface area (Å²) in [6.07, 6.45) is 3.27. The van der Waals surface area contributed by atoms with Gasteiger partial charge < -0.3 is 35.3 Å². The van der Waals surface area contributed by atoms with Gasteiger partial charge in [-0.15, -0.1) is 11.3 Å². The lowest BCUT2D eigenvalue weighted by atomic mass is 9.49. The van der Waals surface area contributed by atoms with Gasteiger partial charge in [-0.25, -0.2) is 0 Å². The molecule has 16 heteroatoms. The molecule has 1 saturated carbocycles. The summed E-state index contributed by atoms with van der Waals surface area (Å²) in [7, 11) is 0. The molecule has 1 aromatic heterocycles. The molecule has 4 amide bonds. The molecule has 0 bridgehead atoms. The molecule has 4 aromatic rings. The molecule has 2 fully saturated rings. The van der Waals surface area contributed by atoms with E-state index in [4.69, 9.17) is 25.8 Å². The van der Waals surface area contributed by atoms with Gasteiger partial charge in [-0.1, -0.05) is 84.3 Å². The van der Waals surface area contributed by atoms with Gasteiger partial charge in [-0.3, -0.25) is 29.1 Å². The van der Waals surface area contributed by atoms with E-state index < -0.39 is 52.2 Å². The molecule has 14 nitrogen and oxygen atoms in total. The normalized spacial score (nSPS) is 20.0. The van der Waals surface area contributed by atoms with Crippen molar-refractivity contribution in [3.05, 3.63) is 100 Å². The van der Waals surface area contributed by atoms with Gasteiger partial charge in [0.05, 0.1) is 46.3 Å². The number of hydrogen-bond acceptors (Lipinski definition) is 12. The molecule has 6 rings (SSSR count). The first-order valence-electron chi connectivity index (χ1n) is 22.3. The van der Waals surface area contributed by atoms with Crippen LogP contribution in [0.15, 0.2) is 78.4 Å². The maximum absolute atomic E-state index is 14.3. The molecule has 2 heterocycles. The van der Waals surface area contributed by atoms with Crippen LogP contribution in [0.3, 0.4) is 0 Å². The Morgan fingerprint density at radius 1 is 0.985 bits per heavy atom. The fourth-order valence-corrected chi connectivity index (χ4v) is 9.87. The molecule has 66 heavy (non-hydrogen) atoms. The highest BCUT2D eigenvalue weighted by Crippen LogP contribution is 2.55. The van der Waals surface area contributed by atoms with Gasteiger partial charge in [0.2, 0.25) is 11.8 Å². The van der Waals surface area contributed by atoms with Gasteiger partial charge >= 0.3 is 0 Å². The van der Waals surface area contributed by atoms with Crippen LogP contribution in [0.4, 0.5) is 0 Å². The molecule has 1 saturated heterocycles. The van der Waals surface area contributed by atoms with Crippen LogP contribution in [0, 0.1) is 27.6 Å². The van der Waals surface area contributed by atoms with Crippen molar-refractivity contribution < 1.29 is 38.5 Å². The number of hydrogen-bond donors (Lipinski definition) is 4. The second kappa shape index (κ2) is 21.5. The highest BCUT2D eigenvalue weighted by atomic mass is 35.5. The van der Waals surface area contributed by atoms with E-state index in [9.17, 15) is 29.5 Å². The van der Waals surface area contributed by atoms with Crippen LogP contribution >= 0.6 is 22.9 Å². The van der Waals surface area contributed by atoms with Gasteiger partial charge in [0, 0.05) is 47.9 Å². The molecule has 4 N–H and O–H groups in total. The van der Waals surface area contributed by atoms with Crippen LogP contribution < -0.4 is 25.4 Å². The Balaban J connectivity index is 0.916. The summed E-state index contributed by atoms with van der Waals surface area (Å²) in [6.45, 7) is 14.5. The van der Waals surface area contributed by atoms with Crippen LogP contribution in [-0.2, 0) is 25.7 Å². The third-order valence-electron chi connectivity index (χ3n) is 12.3. The number of rotatable bonds is 19. The molecular formula is C50H61ClN6O8S. The number of halogens is 1. The summed E-state index contributed by atoms with van der Waals surface area (Å²) in [6, 6.07) is 19.8. The Hall–Kier alpha value is -5.37. The van der Waals surface area contributed by atoms with E-state index in [1.165, 1.54) is 16.2 Å². The highest BCUT2D eigenvalue weighted by molar-refractivity contribution is 7.13. The first-order chi connectivity index (χ1) is 31.3. The highest BCUT2D eigenvalue weighted by Gasteiger charge is 2.64. The SMILES string of the molecule is CC1(C)C(NC(=O)c2ccc(OCCCCCOCC(=O)N[C@H](C(=O)N(Cc3ccc(-c4cncs4)cc3)C(=O)[C@@H]3C[C@@H](O)CN3)C(C)(C)C)cc2)C(C)(C)C1Oc1ccc(C#N)c(Cl)c1. The number of aliphatic hydroxyl groups excluding tert-OH is 1. The molecule has 352 valence electrons. The summed E-state index contributed by atoms with van der Waals surface area (Å²) in [4.78, 5) is 61.0. The lowest BCUT2D eigenvalue weighted by molar-refractivity contribution is -0.164. The largest absolute Gasteiger partial charge is 0.494 e. The minimum absolute atomic E-state index is 0.00399. The van der Waals surface area contributed by atoms with E-state index in [-0.39, 0.29) is 44.2 Å². The Morgan fingerprint density at radius 2 is 1.67 bits per heavy atom. The number of ether oxygens (including phenoxy) is 3. The minimum Gasteiger partial charge on any atom is -0.494 e. The monoisotopic (exact) mass is 940 g/mol. The fourth-order valence-electron chi connectivity index (χ4n) is 9.03. The van der Waals surface area contributed by atoms with E-state index in [2.05, 4.69) is 54.7 Å². The fraction of sp³-hybridized carbons (Fsp3) is 0.480. The van der Waals surface area contributed by atoms with Crippen molar-refractivity contribution >= 4 is 46.6 Å². The Kier molecular flexibility index (Phi) is 16.3. The van der Waals surface area contributed by atoms with Crippen molar-refractivity contribution in [1.82, 2.24) is 25.8 Å². The van der Waals surface area contributed by atoms with Gasteiger partial charge in [-0.2, -0.15) is 5.26 Å². The Morgan fingerprint density at radius 3 is 2.27 bits per heavy atom. The second-order valence-corrected chi connectivity index (χ2v) is 20.6. The maximum atomic E-state index is 14.3. The number of aliphatic hydroxyl groups is 1.